The van der Waals surface area contributed by atoms with Gasteiger partial charge in [-0.15, -0.1) is 0 Å². The highest BCUT2D eigenvalue weighted by molar-refractivity contribution is 5.83. The number of carbonyl (C=O) groups excluding carboxylic acids is 2. The molecule has 0 N–H and O–H groups in total. The summed E-state index contributed by atoms with van der Waals surface area (Å²) in [4.78, 5) is 20.0. The van der Waals surface area contributed by atoms with Gasteiger partial charge in [0.15, 0.2) is 0 Å². The zero-order valence-electron chi connectivity index (χ0n) is 5.13. The Hall–Kier alpha value is -0.860. The van der Waals surface area contributed by atoms with E-state index in [4.69, 9.17) is 0 Å². The minimum Gasteiger partial charge on any atom is -0.465 e. The SMILES string of the molecule is [CH2]CCOC(=O)CC=O. The smallest absolute Gasteiger partial charge is 0.313 e. The zero-order chi connectivity index (χ0) is 7.11. The molecule has 0 aliphatic carbocycles. The third-order valence-electron chi connectivity index (χ3n) is 0.657. The third kappa shape index (κ3) is 5.00. The van der Waals surface area contributed by atoms with E-state index < -0.39 is 5.97 Å². The number of rotatable bonds is 4. The van der Waals surface area contributed by atoms with Crippen LogP contribution in [0.3, 0.4) is 0 Å². The van der Waals surface area contributed by atoms with Crippen molar-refractivity contribution < 1.29 is 14.3 Å². The number of hydrogen-bond donors (Lipinski definition) is 0. The summed E-state index contributed by atoms with van der Waals surface area (Å²) in [5.74, 6) is -0.478. The van der Waals surface area contributed by atoms with E-state index in [0.717, 1.165) is 0 Å². The van der Waals surface area contributed by atoms with E-state index in [2.05, 4.69) is 11.7 Å². The Labute approximate surface area is 54.0 Å². The lowest BCUT2D eigenvalue weighted by Gasteiger charge is -1.96. The second kappa shape index (κ2) is 5.28. The van der Waals surface area contributed by atoms with Crippen LogP contribution in [0.2, 0.25) is 0 Å². The second-order valence-corrected chi connectivity index (χ2v) is 1.44. The van der Waals surface area contributed by atoms with Gasteiger partial charge in [0.05, 0.1) is 6.61 Å². The van der Waals surface area contributed by atoms with Crippen LogP contribution in [-0.2, 0) is 14.3 Å². The second-order valence-electron chi connectivity index (χ2n) is 1.44. The highest BCUT2D eigenvalue weighted by Gasteiger charge is 1.97. The van der Waals surface area contributed by atoms with Crippen molar-refractivity contribution in [3.63, 3.8) is 0 Å². The Morgan fingerprint density at radius 3 is 2.78 bits per heavy atom. The van der Waals surface area contributed by atoms with E-state index in [9.17, 15) is 9.59 Å². The lowest BCUT2D eigenvalue weighted by molar-refractivity contribution is -0.144. The van der Waals surface area contributed by atoms with Crippen LogP contribution in [0.15, 0.2) is 0 Å². The zero-order valence-corrected chi connectivity index (χ0v) is 5.13. The van der Waals surface area contributed by atoms with Crippen molar-refractivity contribution in [1.82, 2.24) is 0 Å². The topological polar surface area (TPSA) is 43.4 Å². The fraction of sp³-hybridized carbons (Fsp3) is 0.500. The van der Waals surface area contributed by atoms with Gasteiger partial charge in [0.2, 0.25) is 0 Å². The normalized spacial score (nSPS) is 8.56. The molecule has 0 aliphatic heterocycles. The van der Waals surface area contributed by atoms with Crippen LogP contribution in [0.5, 0.6) is 0 Å². The number of aldehydes is 1. The fourth-order valence-corrected chi connectivity index (χ4v) is 0.313. The fourth-order valence-electron chi connectivity index (χ4n) is 0.313. The minimum atomic E-state index is -0.478. The van der Waals surface area contributed by atoms with Gasteiger partial charge in [-0.05, 0) is 13.3 Å². The predicted molar refractivity (Wildman–Crippen MR) is 31.6 cm³/mol. The summed E-state index contributed by atoms with van der Waals surface area (Å²) in [6.07, 6.45) is 0.913. The van der Waals surface area contributed by atoms with Gasteiger partial charge in [0, 0.05) is 0 Å². The Balaban J connectivity index is 3.16. The van der Waals surface area contributed by atoms with Crippen molar-refractivity contribution in [3.05, 3.63) is 6.92 Å². The Morgan fingerprint density at radius 2 is 2.33 bits per heavy atom. The van der Waals surface area contributed by atoms with E-state index >= 15 is 0 Å². The van der Waals surface area contributed by atoms with Crippen LogP contribution < -0.4 is 0 Å². The molecule has 0 atom stereocenters. The molecule has 0 saturated carbocycles. The van der Waals surface area contributed by atoms with Gasteiger partial charge in [-0.1, -0.05) is 0 Å². The van der Waals surface area contributed by atoms with Crippen molar-refractivity contribution in [3.8, 4) is 0 Å². The minimum absolute atomic E-state index is 0.153. The van der Waals surface area contributed by atoms with E-state index in [1.165, 1.54) is 0 Å². The largest absolute Gasteiger partial charge is 0.465 e. The number of ether oxygens (including phenoxy) is 1. The first-order valence-corrected chi connectivity index (χ1v) is 2.69. The summed E-state index contributed by atoms with van der Waals surface area (Å²) in [5.41, 5.74) is 0. The molecule has 0 aromatic rings. The van der Waals surface area contributed by atoms with Gasteiger partial charge < -0.3 is 9.53 Å². The first kappa shape index (κ1) is 8.14. The molecule has 0 spiro atoms. The van der Waals surface area contributed by atoms with Crippen LogP contribution >= 0.6 is 0 Å². The van der Waals surface area contributed by atoms with Crippen LogP contribution in [-0.4, -0.2) is 18.9 Å². The van der Waals surface area contributed by atoms with Gasteiger partial charge in [0.1, 0.15) is 12.7 Å². The Bertz CT molecular complexity index is 98.5. The van der Waals surface area contributed by atoms with E-state index in [0.29, 0.717) is 19.3 Å². The monoisotopic (exact) mass is 129 g/mol. The molecule has 0 heterocycles. The van der Waals surface area contributed by atoms with Crippen LogP contribution in [0.25, 0.3) is 0 Å². The molecule has 0 fully saturated rings. The van der Waals surface area contributed by atoms with Crippen molar-refractivity contribution >= 4 is 12.3 Å². The Morgan fingerprint density at radius 1 is 1.67 bits per heavy atom. The molecule has 0 bridgehead atoms. The summed E-state index contributed by atoms with van der Waals surface area (Å²) in [5, 5.41) is 0. The van der Waals surface area contributed by atoms with Crippen molar-refractivity contribution in [2.75, 3.05) is 6.61 Å². The molecular formula is C6H9O3. The predicted octanol–water partition coefficient (Wildman–Crippen LogP) is 0.343. The molecule has 0 amide bonds. The lowest BCUT2D eigenvalue weighted by Crippen LogP contribution is -2.04. The van der Waals surface area contributed by atoms with Crippen molar-refractivity contribution in [2.45, 2.75) is 12.8 Å². The van der Waals surface area contributed by atoms with E-state index in [-0.39, 0.29) is 6.42 Å². The van der Waals surface area contributed by atoms with Crippen molar-refractivity contribution in [1.29, 1.82) is 0 Å². The molecule has 9 heavy (non-hydrogen) atoms. The standard InChI is InChI=1S/C6H9O3/c1-2-5-9-6(8)3-4-7/h4H,1-3,5H2. The molecule has 3 nitrogen and oxygen atoms in total. The molecule has 0 aliphatic rings. The molecule has 0 aromatic carbocycles. The van der Waals surface area contributed by atoms with E-state index in [1.807, 2.05) is 0 Å². The lowest BCUT2D eigenvalue weighted by atomic mass is 10.5. The molecule has 0 unspecified atom stereocenters. The van der Waals surface area contributed by atoms with Gasteiger partial charge in [-0.25, -0.2) is 0 Å². The van der Waals surface area contributed by atoms with E-state index in [1.54, 1.807) is 0 Å². The number of carbonyl (C=O) groups is 2. The summed E-state index contributed by atoms with van der Waals surface area (Å²) in [7, 11) is 0. The van der Waals surface area contributed by atoms with Gasteiger partial charge in [0.25, 0.3) is 0 Å². The maximum atomic E-state index is 10.3. The van der Waals surface area contributed by atoms with Gasteiger partial charge >= 0.3 is 5.97 Å². The van der Waals surface area contributed by atoms with Crippen LogP contribution in [0.1, 0.15) is 12.8 Å². The van der Waals surface area contributed by atoms with Crippen LogP contribution in [0, 0.1) is 6.92 Å². The summed E-state index contributed by atoms with van der Waals surface area (Å²) in [6.45, 7) is 3.75. The summed E-state index contributed by atoms with van der Waals surface area (Å²) < 4.78 is 4.50. The summed E-state index contributed by atoms with van der Waals surface area (Å²) >= 11 is 0. The quantitative estimate of drug-likeness (QED) is 0.312. The summed E-state index contributed by atoms with van der Waals surface area (Å²) in [6, 6.07) is 0. The van der Waals surface area contributed by atoms with Crippen LogP contribution in [0.4, 0.5) is 0 Å². The number of esters is 1. The first-order chi connectivity index (χ1) is 4.31. The molecule has 51 valence electrons. The molecule has 3 heteroatoms. The molecule has 0 rings (SSSR count). The maximum absolute atomic E-state index is 10.3. The highest BCUT2D eigenvalue weighted by atomic mass is 16.5. The highest BCUT2D eigenvalue weighted by Crippen LogP contribution is 1.83. The molecule has 0 saturated heterocycles. The average Bonchev–Trinajstić information content (AvgIpc) is 1.85. The van der Waals surface area contributed by atoms with Crippen molar-refractivity contribution in [2.24, 2.45) is 0 Å². The maximum Gasteiger partial charge on any atom is 0.313 e. The molecule has 1 radical (unpaired) electrons. The molecule has 0 aromatic heterocycles. The first-order valence-electron chi connectivity index (χ1n) is 2.69. The third-order valence-corrected chi connectivity index (χ3v) is 0.657. The van der Waals surface area contributed by atoms with Gasteiger partial charge in [-0.3, -0.25) is 4.79 Å². The molecular weight excluding hydrogens is 120 g/mol. The Kier molecular flexibility index (Phi) is 4.78. The van der Waals surface area contributed by atoms with Gasteiger partial charge in [-0.2, -0.15) is 0 Å². The number of hydrogen-bond acceptors (Lipinski definition) is 3. The average molecular weight is 129 g/mol.